The van der Waals surface area contributed by atoms with Crippen LogP contribution in [-0.4, -0.2) is 110 Å². The second kappa shape index (κ2) is 37.8. The summed E-state index contributed by atoms with van der Waals surface area (Å²) in [5, 5.41) is 74.4. The predicted octanol–water partition coefficient (Wildman–Crippen LogP) is 8.28. The molecule has 58 heavy (non-hydrogen) atoms. The number of unbranched alkanes of at least 4 members (excludes halogenated alkanes) is 29. The van der Waals surface area contributed by atoms with Gasteiger partial charge in [0.05, 0.1) is 25.4 Å². The Bertz CT molecular complexity index is 913. The van der Waals surface area contributed by atoms with Gasteiger partial charge in [0.15, 0.2) is 6.29 Å². The van der Waals surface area contributed by atoms with Crippen molar-refractivity contribution in [3.63, 3.8) is 0 Å². The average Bonchev–Trinajstić information content (AvgIpc) is 3.22. The molecule has 1 aliphatic heterocycles. The van der Waals surface area contributed by atoms with E-state index in [2.05, 4.69) is 12.2 Å². The van der Waals surface area contributed by atoms with Crippen molar-refractivity contribution >= 4 is 5.91 Å². The zero-order valence-corrected chi connectivity index (χ0v) is 37.3. The van der Waals surface area contributed by atoms with Crippen molar-refractivity contribution in [3.8, 4) is 0 Å². The highest BCUT2D eigenvalue weighted by molar-refractivity contribution is 5.80. The normalized spacial score (nSPS) is 21.8. The van der Waals surface area contributed by atoms with Crippen LogP contribution in [0.5, 0.6) is 0 Å². The molecule has 346 valence electrons. The van der Waals surface area contributed by atoms with E-state index in [1.54, 1.807) is 0 Å². The predicted molar refractivity (Wildman–Crippen MR) is 233 cm³/mol. The number of nitrogens with one attached hydrogen (secondary N) is 1. The first kappa shape index (κ1) is 55.1. The Labute approximate surface area is 354 Å². The average molecular weight is 832 g/mol. The number of carbonyl (C=O) groups is 1. The largest absolute Gasteiger partial charge is 0.394 e. The van der Waals surface area contributed by atoms with E-state index in [0.29, 0.717) is 12.8 Å². The molecule has 11 heteroatoms. The Kier molecular flexibility index (Phi) is 36.0. The summed E-state index contributed by atoms with van der Waals surface area (Å²) >= 11 is 0. The maximum atomic E-state index is 12.9. The van der Waals surface area contributed by atoms with Crippen molar-refractivity contribution in [3.05, 3.63) is 0 Å². The molecule has 1 amide bonds. The number of aliphatic hydroxyl groups excluding tert-OH is 7. The van der Waals surface area contributed by atoms with E-state index in [1.807, 2.05) is 6.92 Å². The second-order valence-electron chi connectivity index (χ2n) is 17.5. The molecule has 9 atom stereocenters. The lowest BCUT2D eigenvalue weighted by atomic mass is 9.99. The van der Waals surface area contributed by atoms with Gasteiger partial charge >= 0.3 is 0 Å². The molecule has 0 spiro atoms. The smallest absolute Gasteiger partial charge is 0.249 e. The second-order valence-corrected chi connectivity index (χ2v) is 17.5. The minimum atomic E-state index is -1.65. The molecule has 1 aliphatic rings. The Morgan fingerprint density at radius 2 is 0.914 bits per heavy atom. The molecule has 1 heterocycles. The lowest BCUT2D eigenvalue weighted by Crippen LogP contribution is -2.60. The monoisotopic (exact) mass is 832 g/mol. The molecule has 1 fully saturated rings. The van der Waals surface area contributed by atoms with Gasteiger partial charge in [-0.3, -0.25) is 4.79 Å². The van der Waals surface area contributed by atoms with Gasteiger partial charge in [-0.25, -0.2) is 0 Å². The van der Waals surface area contributed by atoms with Crippen molar-refractivity contribution in [1.29, 1.82) is 0 Å². The van der Waals surface area contributed by atoms with Crippen LogP contribution in [0.25, 0.3) is 0 Å². The van der Waals surface area contributed by atoms with Gasteiger partial charge in [0.2, 0.25) is 5.91 Å². The van der Waals surface area contributed by atoms with Crippen molar-refractivity contribution < 1.29 is 50.0 Å². The summed E-state index contributed by atoms with van der Waals surface area (Å²) in [7, 11) is 0. The number of carbonyl (C=O) groups excluding carboxylic acids is 1. The van der Waals surface area contributed by atoms with Gasteiger partial charge in [0, 0.05) is 0 Å². The van der Waals surface area contributed by atoms with Gasteiger partial charge in [-0.15, -0.1) is 0 Å². The van der Waals surface area contributed by atoms with E-state index in [1.165, 1.54) is 161 Å². The third-order valence-electron chi connectivity index (χ3n) is 12.2. The maximum absolute atomic E-state index is 12.9. The molecule has 0 aromatic carbocycles. The topological polar surface area (TPSA) is 189 Å². The van der Waals surface area contributed by atoms with Crippen molar-refractivity contribution in [2.75, 3.05) is 13.2 Å². The van der Waals surface area contributed by atoms with Crippen LogP contribution in [0.15, 0.2) is 0 Å². The van der Waals surface area contributed by atoms with E-state index >= 15 is 0 Å². The van der Waals surface area contributed by atoms with Crippen LogP contribution in [0.2, 0.25) is 0 Å². The first-order valence-corrected chi connectivity index (χ1v) is 24.4. The van der Waals surface area contributed by atoms with Crippen molar-refractivity contribution in [1.82, 2.24) is 5.32 Å². The van der Waals surface area contributed by atoms with Crippen LogP contribution in [0, 0.1) is 0 Å². The van der Waals surface area contributed by atoms with Crippen LogP contribution in [0.1, 0.15) is 226 Å². The van der Waals surface area contributed by atoms with Gasteiger partial charge in [-0.1, -0.05) is 213 Å². The van der Waals surface area contributed by atoms with Crippen LogP contribution < -0.4 is 5.32 Å². The fourth-order valence-corrected chi connectivity index (χ4v) is 8.08. The molecule has 0 aromatic heterocycles. The molecule has 0 bridgehead atoms. The molecule has 0 radical (unpaired) electrons. The summed E-state index contributed by atoms with van der Waals surface area (Å²) < 4.78 is 10.9. The molecule has 9 unspecified atom stereocenters. The number of rotatable bonds is 41. The highest BCUT2D eigenvalue weighted by Crippen LogP contribution is 2.23. The first-order valence-electron chi connectivity index (χ1n) is 24.4. The standard InChI is InChI=1S/C47H93NO10/c1-3-5-7-8-9-10-11-12-13-14-15-16-17-18-19-20-21-22-23-24-25-26-27-28-29-30-31-32-33-35-40(51)46(56)48-38(42(52)39(50)34-6-4-2)37-57-47-45(55)44(54)43(53)41(36-49)58-47/h38-45,47,49-55H,3-37H2,1-2H3,(H,48,56). The number of amides is 1. The summed E-state index contributed by atoms with van der Waals surface area (Å²) in [6.07, 6.45) is 29.1. The molecular formula is C47H93NO10. The highest BCUT2D eigenvalue weighted by Gasteiger charge is 2.44. The van der Waals surface area contributed by atoms with Gasteiger partial charge in [0.1, 0.15) is 36.6 Å². The van der Waals surface area contributed by atoms with Crippen molar-refractivity contribution in [2.24, 2.45) is 0 Å². The van der Waals surface area contributed by atoms with E-state index < -0.39 is 74.2 Å². The zero-order valence-electron chi connectivity index (χ0n) is 37.3. The molecule has 0 saturated carbocycles. The SMILES string of the molecule is CCCCCCCCCCCCCCCCCCCCCCCCCCCCCCCC(O)C(=O)NC(COC1OC(CO)C(O)C(O)C1O)C(O)C(O)CCCC. The Morgan fingerprint density at radius 1 is 0.534 bits per heavy atom. The molecule has 0 aromatic rings. The summed E-state index contributed by atoms with van der Waals surface area (Å²) in [4.78, 5) is 12.9. The maximum Gasteiger partial charge on any atom is 0.249 e. The summed E-state index contributed by atoms with van der Waals surface area (Å²) in [6, 6.07) is -1.16. The number of aliphatic hydroxyl groups is 7. The van der Waals surface area contributed by atoms with Gasteiger partial charge in [-0.2, -0.15) is 0 Å². The molecular weight excluding hydrogens is 739 g/mol. The Morgan fingerprint density at radius 3 is 1.29 bits per heavy atom. The fourth-order valence-electron chi connectivity index (χ4n) is 8.08. The van der Waals surface area contributed by atoms with Gasteiger partial charge < -0.3 is 50.5 Å². The third-order valence-corrected chi connectivity index (χ3v) is 12.2. The summed E-state index contributed by atoms with van der Waals surface area (Å²) in [5.41, 5.74) is 0. The number of hydrogen-bond donors (Lipinski definition) is 8. The van der Waals surface area contributed by atoms with Crippen molar-refractivity contribution in [2.45, 2.75) is 281 Å². The Hall–Kier alpha value is -0.890. The van der Waals surface area contributed by atoms with E-state index in [-0.39, 0.29) is 12.8 Å². The molecule has 11 nitrogen and oxygen atoms in total. The third kappa shape index (κ3) is 27.1. The van der Waals surface area contributed by atoms with E-state index in [9.17, 15) is 40.5 Å². The molecule has 0 aliphatic carbocycles. The summed E-state index contributed by atoms with van der Waals surface area (Å²) in [5.74, 6) is -0.704. The quantitative estimate of drug-likeness (QED) is 0.0279. The van der Waals surface area contributed by atoms with Gasteiger partial charge in [-0.05, 0) is 12.8 Å². The number of hydrogen-bond acceptors (Lipinski definition) is 10. The fraction of sp³-hybridized carbons (Fsp3) is 0.979. The zero-order chi connectivity index (χ0) is 42.6. The molecule has 1 saturated heterocycles. The lowest BCUT2D eigenvalue weighted by Gasteiger charge is -2.40. The molecule has 1 rings (SSSR count). The summed E-state index contributed by atoms with van der Waals surface area (Å²) in [6.45, 7) is 3.18. The minimum Gasteiger partial charge on any atom is -0.394 e. The Balaban J connectivity index is 2.05. The van der Waals surface area contributed by atoms with E-state index in [0.717, 1.165) is 25.7 Å². The van der Waals surface area contributed by atoms with E-state index in [4.69, 9.17) is 9.47 Å². The molecule has 8 N–H and O–H groups in total. The van der Waals surface area contributed by atoms with Crippen LogP contribution in [0.4, 0.5) is 0 Å². The highest BCUT2D eigenvalue weighted by atomic mass is 16.7. The van der Waals surface area contributed by atoms with Crippen LogP contribution in [-0.2, 0) is 14.3 Å². The number of ether oxygens (including phenoxy) is 2. The van der Waals surface area contributed by atoms with Gasteiger partial charge in [0.25, 0.3) is 0 Å². The lowest BCUT2D eigenvalue weighted by molar-refractivity contribution is -0.303. The first-order chi connectivity index (χ1) is 28.2. The van der Waals surface area contributed by atoms with Crippen LogP contribution >= 0.6 is 0 Å². The minimum absolute atomic E-state index is 0.264. The van der Waals surface area contributed by atoms with Crippen LogP contribution in [0.3, 0.4) is 0 Å².